The number of hydrogen-bond donors (Lipinski definition) is 1. The molecule has 0 spiro atoms. The van der Waals surface area contributed by atoms with Crippen LogP contribution in [0.15, 0.2) is 48.7 Å². The fourth-order valence-electron chi connectivity index (χ4n) is 3.36. The molecule has 0 radical (unpaired) electrons. The van der Waals surface area contributed by atoms with Gasteiger partial charge in [0.15, 0.2) is 0 Å². The number of hydrogen-bond acceptors (Lipinski definition) is 3. The maximum Gasteiger partial charge on any atom is 0.227 e. The molecule has 2 atom stereocenters. The summed E-state index contributed by atoms with van der Waals surface area (Å²) in [7, 11) is 0. The van der Waals surface area contributed by atoms with E-state index in [4.69, 9.17) is 0 Å². The fraction of sp³-hybridized carbons (Fsp3) is 0.400. The topological polar surface area (TPSA) is 53.4 Å². The van der Waals surface area contributed by atoms with Gasteiger partial charge in [-0.3, -0.25) is 9.78 Å². The lowest BCUT2D eigenvalue weighted by Gasteiger charge is -2.27. The van der Waals surface area contributed by atoms with Crippen molar-refractivity contribution in [3.63, 3.8) is 0 Å². The van der Waals surface area contributed by atoms with Crippen LogP contribution in [0.25, 0.3) is 0 Å². The average Bonchev–Trinajstić information content (AvgIpc) is 3.06. The molecule has 1 amide bonds. The number of nitrogens with zero attached hydrogens (tertiary/aromatic N) is 2. The van der Waals surface area contributed by atoms with Crippen LogP contribution < -0.4 is 0 Å². The van der Waals surface area contributed by atoms with Crippen molar-refractivity contribution in [3.8, 4) is 0 Å². The second kappa shape index (κ2) is 7.58. The summed E-state index contributed by atoms with van der Waals surface area (Å²) >= 11 is 0. The Labute approximate surface area is 143 Å². The normalized spacial score (nSPS) is 18.6. The van der Waals surface area contributed by atoms with Gasteiger partial charge < -0.3 is 10.0 Å². The van der Waals surface area contributed by atoms with E-state index in [0.717, 1.165) is 36.2 Å². The molecule has 2 heterocycles. The molecule has 0 aliphatic carbocycles. The molecule has 1 N–H and O–H groups in total. The third-order valence-corrected chi connectivity index (χ3v) is 4.71. The average molecular weight is 324 g/mol. The number of carbonyl (C=O) groups excluding carboxylic acids is 1. The van der Waals surface area contributed by atoms with Gasteiger partial charge in [-0.25, -0.2) is 0 Å². The van der Waals surface area contributed by atoms with Crippen LogP contribution in [0.1, 0.15) is 42.2 Å². The van der Waals surface area contributed by atoms with E-state index in [-0.39, 0.29) is 11.9 Å². The van der Waals surface area contributed by atoms with Crippen molar-refractivity contribution in [2.45, 2.75) is 44.8 Å². The van der Waals surface area contributed by atoms with Gasteiger partial charge in [0.1, 0.15) is 0 Å². The predicted octanol–water partition coefficient (Wildman–Crippen LogP) is 3.05. The third-order valence-electron chi connectivity index (χ3n) is 4.71. The molecule has 1 saturated heterocycles. The molecule has 0 unspecified atom stereocenters. The molecule has 1 aliphatic heterocycles. The van der Waals surface area contributed by atoms with Gasteiger partial charge in [-0.05, 0) is 43.4 Å². The molecule has 1 aliphatic rings. The lowest BCUT2D eigenvalue weighted by Crippen LogP contribution is -2.37. The van der Waals surface area contributed by atoms with Crippen LogP contribution >= 0.6 is 0 Å². The Morgan fingerprint density at radius 1 is 1.29 bits per heavy atom. The molecule has 1 aromatic carbocycles. The van der Waals surface area contributed by atoms with E-state index in [1.165, 1.54) is 0 Å². The molecular weight excluding hydrogens is 300 g/mol. The SMILES string of the molecule is Cc1ccc(CC(=O)N2CCC[C@H]2C[C@@H](O)c2ccccc2)cn1. The Morgan fingerprint density at radius 3 is 2.79 bits per heavy atom. The van der Waals surface area contributed by atoms with Crippen molar-refractivity contribution < 1.29 is 9.90 Å². The summed E-state index contributed by atoms with van der Waals surface area (Å²) in [5.41, 5.74) is 2.82. The van der Waals surface area contributed by atoms with Gasteiger partial charge in [0.05, 0.1) is 12.5 Å². The van der Waals surface area contributed by atoms with Crippen molar-refractivity contribution in [2.24, 2.45) is 0 Å². The van der Waals surface area contributed by atoms with E-state index in [2.05, 4.69) is 4.98 Å². The summed E-state index contributed by atoms with van der Waals surface area (Å²) in [6, 6.07) is 13.7. The molecular formula is C20H24N2O2. The zero-order chi connectivity index (χ0) is 16.9. The Hall–Kier alpha value is -2.20. The number of aromatic nitrogens is 1. The molecule has 0 bridgehead atoms. The minimum atomic E-state index is -0.523. The number of rotatable bonds is 5. The molecule has 4 heteroatoms. The number of amides is 1. The van der Waals surface area contributed by atoms with Crippen LogP contribution in [0, 0.1) is 6.92 Å². The van der Waals surface area contributed by atoms with Crippen LogP contribution in [0.3, 0.4) is 0 Å². The van der Waals surface area contributed by atoms with Crippen molar-refractivity contribution in [2.75, 3.05) is 6.54 Å². The van der Waals surface area contributed by atoms with Gasteiger partial charge in [0.2, 0.25) is 5.91 Å². The van der Waals surface area contributed by atoms with E-state index < -0.39 is 6.10 Å². The maximum absolute atomic E-state index is 12.6. The van der Waals surface area contributed by atoms with Gasteiger partial charge in [0, 0.05) is 24.5 Å². The molecule has 126 valence electrons. The number of likely N-dealkylation sites (tertiary alicyclic amines) is 1. The Morgan fingerprint density at radius 2 is 2.08 bits per heavy atom. The highest BCUT2D eigenvalue weighted by molar-refractivity contribution is 5.79. The molecule has 1 aromatic heterocycles. The molecule has 24 heavy (non-hydrogen) atoms. The van der Waals surface area contributed by atoms with Gasteiger partial charge in [-0.1, -0.05) is 36.4 Å². The van der Waals surface area contributed by atoms with Crippen molar-refractivity contribution in [3.05, 3.63) is 65.5 Å². The third kappa shape index (κ3) is 4.01. The van der Waals surface area contributed by atoms with Gasteiger partial charge >= 0.3 is 0 Å². The summed E-state index contributed by atoms with van der Waals surface area (Å²) in [5.74, 6) is 0.128. The number of pyridine rings is 1. The number of carbonyl (C=O) groups is 1. The second-order valence-electron chi connectivity index (χ2n) is 6.53. The van der Waals surface area contributed by atoms with Crippen LogP contribution in [0.4, 0.5) is 0 Å². The van der Waals surface area contributed by atoms with Crippen LogP contribution in [-0.2, 0) is 11.2 Å². The van der Waals surface area contributed by atoms with Gasteiger partial charge in [-0.2, -0.15) is 0 Å². The van der Waals surface area contributed by atoms with Crippen LogP contribution in [0.5, 0.6) is 0 Å². The smallest absolute Gasteiger partial charge is 0.227 e. The zero-order valence-electron chi connectivity index (χ0n) is 14.1. The lowest BCUT2D eigenvalue weighted by molar-refractivity contribution is -0.131. The summed E-state index contributed by atoms with van der Waals surface area (Å²) in [6.45, 7) is 2.72. The van der Waals surface area contributed by atoms with Crippen molar-refractivity contribution >= 4 is 5.91 Å². The first-order valence-electron chi connectivity index (χ1n) is 8.57. The first-order valence-corrected chi connectivity index (χ1v) is 8.57. The number of aryl methyl sites for hydroxylation is 1. The molecule has 3 rings (SSSR count). The van der Waals surface area contributed by atoms with E-state index >= 15 is 0 Å². The van der Waals surface area contributed by atoms with E-state index in [0.29, 0.717) is 12.8 Å². The predicted molar refractivity (Wildman–Crippen MR) is 93.4 cm³/mol. The summed E-state index contributed by atoms with van der Waals surface area (Å²) < 4.78 is 0. The van der Waals surface area contributed by atoms with Gasteiger partial charge in [-0.15, -0.1) is 0 Å². The minimum absolute atomic E-state index is 0.117. The molecule has 4 nitrogen and oxygen atoms in total. The molecule has 0 saturated carbocycles. The monoisotopic (exact) mass is 324 g/mol. The second-order valence-corrected chi connectivity index (χ2v) is 6.53. The maximum atomic E-state index is 12.6. The van der Waals surface area contributed by atoms with Crippen molar-refractivity contribution in [1.82, 2.24) is 9.88 Å². The van der Waals surface area contributed by atoms with E-state index in [1.54, 1.807) is 6.20 Å². The first-order chi connectivity index (χ1) is 11.6. The summed E-state index contributed by atoms with van der Waals surface area (Å²) in [5, 5.41) is 10.5. The molecule has 2 aromatic rings. The lowest BCUT2D eigenvalue weighted by atomic mass is 10.0. The summed E-state index contributed by atoms with van der Waals surface area (Å²) in [4.78, 5) is 18.8. The van der Waals surface area contributed by atoms with E-state index in [9.17, 15) is 9.90 Å². The zero-order valence-corrected chi connectivity index (χ0v) is 14.1. The number of aliphatic hydroxyl groups excluding tert-OH is 1. The standard InChI is InChI=1S/C20H24N2O2/c1-15-9-10-16(14-21-15)12-20(24)22-11-5-8-18(22)13-19(23)17-6-3-2-4-7-17/h2-4,6-7,9-10,14,18-19,23H,5,8,11-13H2,1H3/t18-,19+/m0/s1. The summed E-state index contributed by atoms with van der Waals surface area (Å²) in [6.07, 6.45) is 4.20. The van der Waals surface area contributed by atoms with Crippen LogP contribution in [-0.4, -0.2) is 33.5 Å². The minimum Gasteiger partial charge on any atom is -0.388 e. The largest absolute Gasteiger partial charge is 0.388 e. The quantitative estimate of drug-likeness (QED) is 0.920. The van der Waals surface area contributed by atoms with Gasteiger partial charge in [0.25, 0.3) is 0 Å². The molecule has 1 fully saturated rings. The number of aliphatic hydroxyl groups is 1. The van der Waals surface area contributed by atoms with E-state index in [1.807, 2.05) is 54.3 Å². The first kappa shape index (κ1) is 16.7. The van der Waals surface area contributed by atoms with Crippen LogP contribution in [0.2, 0.25) is 0 Å². The Bertz CT molecular complexity index is 670. The Kier molecular flexibility index (Phi) is 5.26. The van der Waals surface area contributed by atoms with Crippen molar-refractivity contribution in [1.29, 1.82) is 0 Å². The highest BCUT2D eigenvalue weighted by Gasteiger charge is 2.30. The number of benzene rings is 1. The highest BCUT2D eigenvalue weighted by atomic mass is 16.3. The highest BCUT2D eigenvalue weighted by Crippen LogP contribution is 2.27. The fourth-order valence-corrected chi connectivity index (χ4v) is 3.36. The Balaban J connectivity index is 1.62.